The molecule has 1 heteroatoms. The van der Waals surface area contributed by atoms with Crippen LogP contribution in [0.25, 0.3) is 0 Å². The maximum absolute atomic E-state index is 5.71. The molecule has 1 unspecified atom stereocenters. The van der Waals surface area contributed by atoms with E-state index in [4.69, 9.17) is 4.74 Å². The molecule has 0 aliphatic carbocycles. The Hall–Kier alpha value is -0.300. The maximum Gasteiger partial charge on any atom is 0.0598 e. The topological polar surface area (TPSA) is 9.23 Å². The minimum atomic E-state index is -0.0240. The van der Waals surface area contributed by atoms with E-state index in [1.807, 2.05) is 0 Å². The van der Waals surface area contributed by atoms with Crippen LogP contribution in [0.3, 0.4) is 0 Å². The van der Waals surface area contributed by atoms with E-state index in [-0.39, 0.29) is 11.0 Å². The Morgan fingerprint density at radius 2 is 1.57 bits per heavy atom. The van der Waals surface area contributed by atoms with Crippen molar-refractivity contribution in [3.8, 4) is 0 Å². The zero-order valence-electron chi connectivity index (χ0n) is 10.8. The van der Waals surface area contributed by atoms with E-state index in [1.54, 1.807) is 0 Å². The fraction of sp³-hybridized carbons (Fsp3) is 0.846. The summed E-state index contributed by atoms with van der Waals surface area (Å²) in [7, 11) is 0. The molecule has 0 rings (SSSR count). The first-order valence-electron chi connectivity index (χ1n) is 5.43. The van der Waals surface area contributed by atoms with E-state index >= 15 is 0 Å². The van der Waals surface area contributed by atoms with Gasteiger partial charge in [0.05, 0.1) is 12.2 Å². The molecule has 0 heterocycles. The number of allylic oxidation sites excluding steroid dienone is 1. The van der Waals surface area contributed by atoms with Crippen molar-refractivity contribution in [1.82, 2.24) is 0 Å². The Labute approximate surface area is 89.5 Å². The molecule has 0 amide bonds. The minimum Gasteiger partial charge on any atom is -0.375 e. The average Bonchev–Trinajstić information content (AvgIpc) is 1.94. The summed E-state index contributed by atoms with van der Waals surface area (Å²) in [4.78, 5) is 0. The van der Waals surface area contributed by atoms with Gasteiger partial charge < -0.3 is 4.74 Å². The molecule has 0 aliphatic rings. The second kappa shape index (κ2) is 4.97. The monoisotopic (exact) mass is 198 g/mol. The van der Waals surface area contributed by atoms with Crippen molar-refractivity contribution in [2.45, 2.75) is 54.1 Å². The molecule has 84 valence electrons. The lowest BCUT2D eigenvalue weighted by Gasteiger charge is -2.21. The fourth-order valence-corrected chi connectivity index (χ4v) is 0.890. The van der Waals surface area contributed by atoms with Crippen molar-refractivity contribution in [3.05, 3.63) is 12.2 Å². The molecule has 0 aromatic carbocycles. The highest BCUT2D eigenvalue weighted by molar-refractivity contribution is 4.94. The summed E-state index contributed by atoms with van der Waals surface area (Å²) in [6, 6.07) is 0. The summed E-state index contributed by atoms with van der Waals surface area (Å²) in [6.07, 6.45) is 4.50. The van der Waals surface area contributed by atoms with E-state index in [0.717, 1.165) is 6.61 Å². The predicted octanol–water partition coefficient (Wildman–Crippen LogP) is 4.04. The molecule has 1 nitrogen and oxygen atoms in total. The molecule has 0 N–H and O–H groups in total. The summed E-state index contributed by atoms with van der Waals surface area (Å²) in [6.45, 7) is 15.9. The van der Waals surface area contributed by atoms with Crippen LogP contribution in [0.1, 0.15) is 48.5 Å². The van der Waals surface area contributed by atoms with Gasteiger partial charge in [0.25, 0.3) is 0 Å². The molecule has 0 saturated carbocycles. The van der Waals surface area contributed by atoms with Gasteiger partial charge in [-0.05, 0) is 32.1 Å². The lowest BCUT2D eigenvalue weighted by molar-refractivity contribution is -0.0130. The van der Waals surface area contributed by atoms with Gasteiger partial charge in [-0.3, -0.25) is 0 Å². The molecule has 0 spiro atoms. The predicted molar refractivity (Wildman–Crippen MR) is 63.5 cm³/mol. The van der Waals surface area contributed by atoms with Crippen LogP contribution in [0.4, 0.5) is 0 Å². The van der Waals surface area contributed by atoms with Crippen molar-refractivity contribution >= 4 is 0 Å². The standard InChI is InChI=1S/C13H26O/c1-11(8-9-12(2,3)4)10-14-13(5,6)7/h8-9,11H,10H2,1-7H3. The molecule has 0 aliphatic heterocycles. The summed E-state index contributed by atoms with van der Waals surface area (Å²) in [5.74, 6) is 0.494. The van der Waals surface area contributed by atoms with Crippen LogP contribution in [-0.4, -0.2) is 12.2 Å². The Morgan fingerprint density at radius 3 is 1.93 bits per heavy atom. The normalized spacial score (nSPS) is 16.2. The molecular weight excluding hydrogens is 172 g/mol. The zero-order valence-corrected chi connectivity index (χ0v) is 10.8. The molecule has 0 aromatic rings. The van der Waals surface area contributed by atoms with Crippen LogP contribution >= 0.6 is 0 Å². The smallest absolute Gasteiger partial charge is 0.0598 e. The Kier molecular flexibility index (Phi) is 4.87. The van der Waals surface area contributed by atoms with Crippen LogP contribution in [0, 0.1) is 11.3 Å². The minimum absolute atomic E-state index is 0.0240. The molecular formula is C13H26O. The third-order valence-electron chi connectivity index (χ3n) is 1.70. The first-order valence-corrected chi connectivity index (χ1v) is 5.43. The maximum atomic E-state index is 5.71. The van der Waals surface area contributed by atoms with Crippen molar-refractivity contribution in [3.63, 3.8) is 0 Å². The average molecular weight is 198 g/mol. The fourth-order valence-electron chi connectivity index (χ4n) is 0.890. The molecule has 1 atom stereocenters. The first-order chi connectivity index (χ1) is 6.10. The van der Waals surface area contributed by atoms with E-state index in [0.29, 0.717) is 5.92 Å². The van der Waals surface area contributed by atoms with E-state index in [9.17, 15) is 0 Å². The van der Waals surface area contributed by atoms with Gasteiger partial charge in [-0.25, -0.2) is 0 Å². The third kappa shape index (κ3) is 9.79. The number of rotatable bonds is 3. The van der Waals surface area contributed by atoms with Gasteiger partial charge in [0.15, 0.2) is 0 Å². The molecule has 0 fully saturated rings. The van der Waals surface area contributed by atoms with E-state index in [2.05, 4.69) is 60.6 Å². The van der Waals surface area contributed by atoms with E-state index < -0.39 is 0 Å². The van der Waals surface area contributed by atoms with Crippen LogP contribution in [0.15, 0.2) is 12.2 Å². The molecule has 14 heavy (non-hydrogen) atoms. The van der Waals surface area contributed by atoms with E-state index in [1.165, 1.54) is 0 Å². The highest BCUT2D eigenvalue weighted by Gasteiger charge is 2.11. The summed E-state index contributed by atoms with van der Waals surface area (Å²) >= 11 is 0. The van der Waals surface area contributed by atoms with Crippen molar-refractivity contribution < 1.29 is 4.74 Å². The summed E-state index contributed by atoms with van der Waals surface area (Å²) in [5, 5.41) is 0. The highest BCUT2D eigenvalue weighted by atomic mass is 16.5. The van der Waals surface area contributed by atoms with Crippen LogP contribution in [-0.2, 0) is 4.74 Å². The molecule has 0 saturated heterocycles. The van der Waals surface area contributed by atoms with Gasteiger partial charge in [0.2, 0.25) is 0 Å². The van der Waals surface area contributed by atoms with Gasteiger partial charge in [0, 0.05) is 0 Å². The number of hydrogen-bond acceptors (Lipinski definition) is 1. The van der Waals surface area contributed by atoms with Gasteiger partial charge in [-0.2, -0.15) is 0 Å². The van der Waals surface area contributed by atoms with Crippen molar-refractivity contribution in [2.75, 3.05) is 6.61 Å². The lowest BCUT2D eigenvalue weighted by atomic mass is 9.94. The zero-order chi connectivity index (χ0) is 11.4. The Balaban J connectivity index is 3.88. The van der Waals surface area contributed by atoms with Gasteiger partial charge in [0.1, 0.15) is 0 Å². The lowest BCUT2D eigenvalue weighted by Crippen LogP contribution is -2.22. The van der Waals surface area contributed by atoms with Crippen LogP contribution in [0.5, 0.6) is 0 Å². The van der Waals surface area contributed by atoms with Crippen molar-refractivity contribution in [1.29, 1.82) is 0 Å². The SMILES string of the molecule is CC(C=CC(C)(C)C)COC(C)(C)C. The second-order valence-corrected chi connectivity index (χ2v) is 6.13. The largest absolute Gasteiger partial charge is 0.375 e. The second-order valence-electron chi connectivity index (χ2n) is 6.13. The molecule has 0 aromatic heterocycles. The molecule has 0 radical (unpaired) electrons. The first kappa shape index (κ1) is 13.7. The van der Waals surface area contributed by atoms with Gasteiger partial charge in [-0.1, -0.05) is 39.8 Å². The summed E-state index contributed by atoms with van der Waals surface area (Å²) in [5.41, 5.74) is 0.250. The number of ether oxygens (including phenoxy) is 1. The Bertz CT molecular complexity index is 178. The van der Waals surface area contributed by atoms with Crippen LogP contribution < -0.4 is 0 Å². The quantitative estimate of drug-likeness (QED) is 0.622. The van der Waals surface area contributed by atoms with Crippen LogP contribution in [0.2, 0.25) is 0 Å². The van der Waals surface area contributed by atoms with Gasteiger partial charge in [-0.15, -0.1) is 0 Å². The highest BCUT2D eigenvalue weighted by Crippen LogP contribution is 2.17. The Morgan fingerprint density at radius 1 is 1.07 bits per heavy atom. The van der Waals surface area contributed by atoms with Gasteiger partial charge >= 0.3 is 0 Å². The number of hydrogen-bond donors (Lipinski definition) is 0. The van der Waals surface area contributed by atoms with Crippen molar-refractivity contribution in [2.24, 2.45) is 11.3 Å². The summed E-state index contributed by atoms with van der Waals surface area (Å²) < 4.78 is 5.71. The molecule has 0 bridgehead atoms. The third-order valence-corrected chi connectivity index (χ3v) is 1.70.